The SMILES string of the molecule is CCOC(=O)/C(=C/c1ccc(Br)cc1)C(C)=O. The number of ketones is 1. The van der Waals surface area contributed by atoms with E-state index in [0.29, 0.717) is 0 Å². The van der Waals surface area contributed by atoms with Crippen LogP contribution in [0, 0.1) is 0 Å². The largest absolute Gasteiger partial charge is 0.462 e. The summed E-state index contributed by atoms with van der Waals surface area (Å²) in [5.41, 5.74) is 0.848. The first-order valence-corrected chi connectivity index (χ1v) is 5.99. The number of carbonyl (C=O) groups is 2. The molecule has 90 valence electrons. The van der Waals surface area contributed by atoms with Gasteiger partial charge in [-0.25, -0.2) is 4.79 Å². The molecule has 0 unspecified atom stereocenters. The molecule has 0 aliphatic rings. The Kier molecular flexibility index (Phi) is 5.10. The molecule has 0 aromatic heterocycles. The third-order valence-corrected chi connectivity index (χ3v) is 2.58. The Labute approximate surface area is 109 Å². The van der Waals surface area contributed by atoms with Crippen LogP contribution >= 0.6 is 15.9 Å². The number of rotatable bonds is 4. The molecule has 0 amide bonds. The lowest BCUT2D eigenvalue weighted by atomic mass is 10.1. The predicted molar refractivity (Wildman–Crippen MR) is 69.4 cm³/mol. The van der Waals surface area contributed by atoms with Crippen molar-refractivity contribution < 1.29 is 14.3 Å². The van der Waals surface area contributed by atoms with Crippen LogP contribution in [0.25, 0.3) is 6.08 Å². The highest BCUT2D eigenvalue weighted by atomic mass is 79.9. The fraction of sp³-hybridized carbons (Fsp3) is 0.231. The van der Waals surface area contributed by atoms with Crippen LogP contribution in [0.4, 0.5) is 0 Å². The van der Waals surface area contributed by atoms with Crippen LogP contribution in [0.5, 0.6) is 0 Å². The van der Waals surface area contributed by atoms with E-state index in [1.54, 1.807) is 6.92 Å². The van der Waals surface area contributed by atoms with Crippen LogP contribution < -0.4 is 0 Å². The van der Waals surface area contributed by atoms with Gasteiger partial charge in [0.15, 0.2) is 5.78 Å². The van der Waals surface area contributed by atoms with E-state index >= 15 is 0 Å². The summed E-state index contributed by atoms with van der Waals surface area (Å²) >= 11 is 3.32. The summed E-state index contributed by atoms with van der Waals surface area (Å²) in [6.45, 7) is 3.31. The zero-order valence-corrected chi connectivity index (χ0v) is 11.3. The van der Waals surface area contributed by atoms with Crippen molar-refractivity contribution in [3.8, 4) is 0 Å². The molecule has 1 aromatic rings. The van der Waals surface area contributed by atoms with Gasteiger partial charge in [0.25, 0.3) is 0 Å². The number of hydrogen-bond acceptors (Lipinski definition) is 3. The Morgan fingerprint density at radius 3 is 2.35 bits per heavy atom. The number of esters is 1. The molecular formula is C13H13BrO3. The molecule has 3 nitrogen and oxygen atoms in total. The van der Waals surface area contributed by atoms with Crippen LogP contribution in [0.15, 0.2) is 34.3 Å². The van der Waals surface area contributed by atoms with Crippen molar-refractivity contribution in [3.63, 3.8) is 0 Å². The van der Waals surface area contributed by atoms with E-state index in [1.165, 1.54) is 13.0 Å². The van der Waals surface area contributed by atoms with Gasteiger partial charge >= 0.3 is 5.97 Å². The van der Waals surface area contributed by atoms with Gasteiger partial charge in [0.2, 0.25) is 0 Å². The minimum absolute atomic E-state index is 0.0640. The van der Waals surface area contributed by atoms with E-state index in [-0.39, 0.29) is 18.0 Å². The maximum Gasteiger partial charge on any atom is 0.341 e. The standard InChI is InChI=1S/C13H13BrO3/c1-3-17-13(16)12(9(2)15)8-10-4-6-11(14)7-5-10/h4-8H,3H2,1-2H3/b12-8+. The van der Waals surface area contributed by atoms with Gasteiger partial charge < -0.3 is 4.74 Å². The van der Waals surface area contributed by atoms with E-state index in [4.69, 9.17) is 4.74 Å². The van der Waals surface area contributed by atoms with Crippen LogP contribution in [0.2, 0.25) is 0 Å². The molecule has 0 N–H and O–H groups in total. The molecule has 0 aliphatic carbocycles. The van der Waals surface area contributed by atoms with Gasteiger partial charge in [-0.05, 0) is 37.6 Å². The van der Waals surface area contributed by atoms with Crippen molar-refractivity contribution in [2.24, 2.45) is 0 Å². The molecule has 0 fully saturated rings. The third-order valence-electron chi connectivity index (χ3n) is 2.06. The fourth-order valence-corrected chi connectivity index (χ4v) is 1.50. The zero-order valence-electron chi connectivity index (χ0n) is 9.70. The second kappa shape index (κ2) is 6.35. The van der Waals surface area contributed by atoms with E-state index < -0.39 is 5.97 Å². The summed E-state index contributed by atoms with van der Waals surface area (Å²) in [5, 5.41) is 0. The van der Waals surface area contributed by atoms with Gasteiger partial charge in [-0.15, -0.1) is 0 Å². The summed E-state index contributed by atoms with van der Waals surface area (Å²) in [6.07, 6.45) is 1.53. The minimum Gasteiger partial charge on any atom is -0.462 e. The first-order chi connectivity index (χ1) is 8.04. The van der Waals surface area contributed by atoms with Crippen molar-refractivity contribution >= 4 is 33.8 Å². The number of Topliss-reactive ketones (excluding diaryl/α,β-unsaturated/α-hetero) is 1. The number of benzene rings is 1. The third kappa shape index (κ3) is 4.15. The second-order valence-electron chi connectivity index (χ2n) is 3.39. The summed E-state index contributed by atoms with van der Waals surface area (Å²) < 4.78 is 5.76. The molecular weight excluding hydrogens is 284 g/mol. The van der Waals surface area contributed by atoms with Crippen molar-refractivity contribution in [2.75, 3.05) is 6.61 Å². The van der Waals surface area contributed by atoms with Crippen LogP contribution in [-0.4, -0.2) is 18.4 Å². The molecule has 17 heavy (non-hydrogen) atoms. The fourth-order valence-electron chi connectivity index (χ4n) is 1.24. The molecule has 0 heterocycles. The molecule has 1 rings (SSSR count). The first kappa shape index (κ1) is 13.6. The smallest absolute Gasteiger partial charge is 0.341 e. The highest BCUT2D eigenvalue weighted by molar-refractivity contribution is 9.10. The molecule has 0 spiro atoms. The van der Waals surface area contributed by atoms with E-state index in [1.807, 2.05) is 24.3 Å². The van der Waals surface area contributed by atoms with Gasteiger partial charge in [-0.1, -0.05) is 28.1 Å². The Bertz CT molecular complexity index is 446. The molecule has 0 atom stereocenters. The summed E-state index contributed by atoms with van der Waals surface area (Å²) in [7, 11) is 0. The van der Waals surface area contributed by atoms with Crippen molar-refractivity contribution in [1.29, 1.82) is 0 Å². The number of halogens is 1. The molecule has 1 aromatic carbocycles. The predicted octanol–water partition coefficient (Wildman–Crippen LogP) is 2.98. The van der Waals surface area contributed by atoms with Crippen LogP contribution in [-0.2, 0) is 14.3 Å². The normalized spacial score (nSPS) is 11.1. The topological polar surface area (TPSA) is 43.4 Å². The second-order valence-corrected chi connectivity index (χ2v) is 4.30. The summed E-state index contributed by atoms with van der Waals surface area (Å²) in [6, 6.07) is 7.31. The quantitative estimate of drug-likeness (QED) is 0.371. The summed E-state index contributed by atoms with van der Waals surface area (Å²) in [5.74, 6) is -0.880. The average Bonchev–Trinajstić information content (AvgIpc) is 2.28. The number of hydrogen-bond donors (Lipinski definition) is 0. The van der Waals surface area contributed by atoms with Crippen molar-refractivity contribution in [1.82, 2.24) is 0 Å². The molecule has 0 bridgehead atoms. The highest BCUT2D eigenvalue weighted by Gasteiger charge is 2.15. The van der Waals surface area contributed by atoms with E-state index in [9.17, 15) is 9.59 Å². The molecule has 0 aliphatic heterocycles. The minimum atomic E-state index is -0.581. The Morgan fingerprint density at radius 1 is 1.29 bits per heavy atom. The number of carbonyl (C=O) groups excluding carboxylic acids is 2. The van der Waals surface area contributed by atoms with Gasteiger partial charge in [0.05, 0.1) is 6.61 Å². The summed E-state index contributed by atoms with van der Waals surface area (Å²) in [4.78, 5) is 22.9. The maximum absolute atomic E-state index is 11.5. The Hall–Kier alpha value is -1.42. The van der Waals surface area contributed by atoms with Crippen LogP contribution in [0.3, 0.4) is 0 Å². The van der Waals surface area contributed by atoms with Gasteiger partial charge in [-0.2, -0.15) is 0 Å². The molecule has 4 heteroatoms. The van der Waals surface area contributed by atoms with E-state index in [0.717, 1.165) is 10.0 Å². The lowest BCUT2D eigenvalue weighted by Gasteiger charge is -2.03. The number of ether oxygens (including phenoxy) is 1. The van der Waals surface area contributed by atoms with Gasteiger partial charge in [0.1, 0.15) is 5.57 Å². The first-order valence-electron chi connectivity index (χ1n) is 5.20. The van der Waals surface area contributed by atoms with Gasteiger partial charge in [-0.3, -0.25) is 4.79 Å². The Balaban J connectivity index is 3.02. The zero-order chi connectivity index (χ0) is 12.8. The van der Waals surface area contributed by atoms with Gasteiger partial charge in [0, 0.05) is 4.47 Å². The lowest BCUT2D eigenvalue weighted by Crippen LogP contribution is -2.13. The Morgan fingerprint density at radius 2 is 1.88 bits per heavy atom. The van der Waals surface area contributed by atoms with Crippen LogP contribution in [0.1, 0.15) is 19.4 Å². The van der Waals surface area contributed by atoms with E-state index in [2.05, 4.69) is 15.9 Å². The molecule has 0 saturated carbocycles. The van der Waals surface area contributed by atoms with Crippen molar-refractivity contribution in [3.05, 3.63) is 39.9 Å². The van der Waals surface area contributed by atoms with Crippen molar-refractivity contribution in [2.45, 2.75) is 13.8 Å². The average molecular weight is 297 g/mol. The molecule has 0 saturated heterocycles. The molecule has 0 radical (unpaired) electrons. The monoisotopic (exact) mass is 296 g/mol. The lowest BCUT2D eigenvalue weighted by molar-refractivity contribution is -0.139. The highest BCUT2D eigenvalue weighted by Crippen LogP contribution is 2.14. The maximum atomic E-state index is 11.5.